The molecule has 2 amide bonds. The van der Waals surface area contributed by atoms with Crippen molar-refractivity contribution >= 4 is 6.03 Å². The molecule has 2 heterocycles. The molecule has 5 heteroatoms. The van der Waals surface area contributed by atoms with Gasteiger partial charge >= 0.3 is 6.03 Å². The number of rotatable bonds is 4. The van der Waals surface area contributed by atoms with Crippen molar-refractivity contribution < 1.29 is 14.3 Å². The van der Waals surface area contributed by atoms with E-state index in [4.69, 9.17) is 9.47 Å². The molecule has 2 aliphatic heterocycles. The van der Waals surface area contributed by atoms with Crippen molar-refractivity contribution in [2.75, 3.05) is 26.3 Å². The van der Waals surface area contributed by atoms with Gasteiger partial charge in [0.05, 0.1) is 12.2 Å². The van der Waals surface area contributed by atoms with Crippen LogP contribution in [-0.4, -0.2) is 44.5 Å². The van der Waals surface area contributed by atoms with Gasteiger partial charge in [0.1, 0.15) is 0 Å². The van der Waals surface area contributed by atoms with E-state index in [0.29, 0.717) is 18.6 Å². The third-order valence-corrected chi connectivity index (χ3v) is 3.66. The smallest absolute Gasteiger partial charge is 0.314 e. The average Bonchev–Trinajstić information content (AvgIpc) is 2.87. The van der Waals surface area contributed by atoms with Crippen molar-refractivity contribution in [2.24, 2.45) is 5.92 Å². The number of ether oxygens (including phenoxy) is 2. The van der Waals surface area contributed by atoms with Crippen molar-refractivity contribution in [3.05, 3.63) is 0 Å². The largest absolute Gasteiger partial charge is 0.378 e. The molecule has 0 aliphatic carbocycles. The zero-order valence-corrected chi connectivity index (χ0v) is 11.1. The van der Waals surface area contributed by atoms with Crippen LogP contribution in [0.3, 0.4) is 0 Å². The molecule has 0 spiro atoms. The van der Waals surface area contributed by atoms with Gasteiger partial charge in [0.15, 0.2) is 0 Å². The van der Waals surface area contributed by atoms with E-state index in [0.717, 1.165) is 45.4 Å². The van der Waals surface area contributed by atoms with Gasteiger partial charge in [0.25, 0.3) is 0 Å². The van der Waals surface area contributed by atoms with E-state index in [1.54, 1.807) is 0 Å². The third-order valence-electron chi connectivity index (χ3n) is 3.66. The fraction of sp³-hybridized carbons (Fsp3) is 0.923. The number of urea groups is 1. The van der Waals surface area contributed by atoms with E-state index in [9.17, 15) is 4.79 Å². The lowest BCUT2D eigenvalue weighted by Gasteiger charge is -2.27. The molecule has 5 nitrogen and oxygen atoms in total. The molecule has 0 unspecified atom stereocenters. The monoisotopic (exact) mass is 256 g/mol. The van der Waals surface area contributed by atoms with Gasteiger partial charge in [0, 0.05) is 26.3 Å². The first-order valence-corrected chi connectivity index (χ1v) is 6.99. The second-order valence-corrected chi connectivity index (χ2v) is 5.30. The lowest BCUT2D eigenvalue weighted by Crippen LogP contribution is -2.42. The first-order chi connectivity index (χ1) is 8.74. The fourth-order valence-corrected chi connectivity index (χ4v) is 2.59. The zero-order chi connectivity index (χ0) is 12.8. The van der Waals surface area contributed by atoms with Crippen LogP contribution in [0.2, 0.25) is 0 Å². The van der Waals surface area contributed by atoms with Gasteiger partial charge in [-0.2, -0.15) is 0 Å². The lowest BCUT2D eigenvalue weighted by atomic mass is 9.96. The van der Waals surface area contributed by atoms with Crippen molar-refractivity contribution in [1.29, 1.82) is 0 Å². The number of amides is 2. The standard InChI is InChI=1S/C13H24N2O3/c1-10-7-11(4-6-17-10)8-14-13(16)15-9-12-3-2-5-18-12/h10-12H,2-9H2,1H3,(H2,14,15,16)/t10-,11+,12-/m1/s1. The normalized spacial score (nSPS) is 32.2. The summed E-state index contributed by atoms with van der Waals surface area (Å²) in [6.07, 6.45) is 4.76. The van der Waals surface area contributed by atoms with Crippen molar-refractivity contribution in [2.45, 2.75) is 44.8 Å². The molecular weight excluding hydrogens is 232 g/mol. The van der Waals surface area contributed by atoms with E-state index < -0.39 is 0 Å². The predicted molar refractivity (Wildman–Crippen MR) is 68.5 cm³/mol. The summed E-state index contributed by atoms with van der Waals surface area (Å²) in [5, 5.41) is 5.80. The average molecular weight is 256 g/mol. The Kier molecular flexibility index (Phi) is 5.26. The van der Waals surface area contributed by atoms with Crippen LogP contribution in [0.25, 0.3) is 0 Å². The summed E-state index contributed by atoms with van der Waals surface area (Å²) in [6.45, 7) is 5.09. The number of carbonyl (C=O) groups is 1. The Hall–Kier alpha value is -0.810. The van der Waals surface area contributed by atoms with Crippen molar-refractivity contribution in [1.82, 2.24) is 10.6 Å². The van der Waals surface area contributed by atoms with Crippen molar-refractivity contribution in [3.8, 4) is 0 Å². The molecular formula is C13H24N2O3. The number of nitrogens with one attached hydrogen (secondary N) is 2. The SMILES string of the molecule is C[C@@H]1C[C@@H](CNC(=O)NC[C@H]2CCCO2)CCO1. The first-order valence-electron chi connectivity index (χ1n) is 6.99. The molecule has 0 aromatic carbocycles. The summed E-state index contributed by atoms with van der Waals surface area (Å²) in [5.74, 6) is 0.544. The van der Waals surface area contributed by atoms with Gasteiger partial charge in [-0.1, -0.05) is 0 Å². The highest BCUT2D eigenvalue weighted by Gasteiger charge is 2.20. The van der Waals surface area contributed by atoms with E-state index in [-0.39, 0.29) is 12.1 Å². The minimum Gasteiger partial charge on any atom is -0.378 e. The van der Waals surface area contributed by atoms with Crippen LogP contribution < -0.4 is 10.6 Å². The maximum Gasteiger partial charge on any atom is 0.314 e. The number of carbonyl (C=O) groups excluding carboxylic acids is 1. The molecule has 2 rings (SSSR count). The maximum atomic E-state index is 11.6. The Morgan fingerprint density at radius 1 is 1.17 bits per heavy atom. The molecule has 0 aromatic rings. The van der Waals surface area contributed by atoms with Gasteiger partial charge in [-0.05, 0) is 38.5 Å². The highest BCUT2D eigenvalue weighted by atomic mass is 16.5. The quantitative estimate of drug-likeness (QED) is 0.796. The third kappa shape index (κ3) is 4.46. The Bertz CT molecular complexity index is 267. The molecule has 2 saturated heterocycles. The molecule has 0 radical (unpaired) electrons. The number of hydrogen-bond donors (Lipinski definition) is 2. The molecule has 18 heavy (non-hydrogen) atoms. The van der Waals surface area contributed by atoms with Crippen LogP contribution in [-0.2, 0) is 9.47 Å². The predicted octanol–water partition coefficient (Wildman–Crippen LogP) is 1.28. The Labute approximate surface area is 109 Å². The van der Waals surface area contributed by atoms with Gasteiger partial charge in [0.2, 0.25) is 0 Å². The van der Waals surface area contributed by atoms with Crippen LogP contribution in [0.15, 0.2) is 0 Å². The van der Waals surface area contributed by atoms with E-state index in [1.165, 1.54) is 0 Å². The second-order valence-electron chi connectivity index (χ2n) is 5.30. The lowest BCUT2D eigenvalue weighted by molar-refractivity contribution is 0.00345. The highest BCUT2D eigenvalue weighted by Crippen LogP contribution is 2.18. The summed E-state index contributed by atoms with van der Waals surface area (Å²) in [5.41, 5.74) is 0. The molecule has 104 valence electrons. The van der Waals surface area contributed by atoms with Crippen molar-refractivity contribution in [3.63, 3.8) is 0 Å². The fourth-order valence-electron chi connectivity index (χ4n) is 2.59. The molecule has 0 saturated carbocycles. The highest BCUT2D eigenvalue weighted by molar-refractivity contribution is 5.73. The summed E-state index contributed by atoms with van der Waals surface area (Å²) in [4.78, 5) is 11.6. The Morgan fingerprint density at radius 3 is 2.72 bits per heavy atom. The van der Waals surface area contributed by atoms with Gasteiger partial charge in [-0.15, -0.1) is 0 Å². The molecule has 2 aliphatic rings. The Balaban J connectivity index is 1.56. The first kappa shape index (κ1) is 13.6. The molecule has 3 atom stereocenters. The van der Waals surface area contributed by atoms with E-state index in [2.05, 4.69) is 17.6 Å². The molecule has 0 aromatic heterocycles. The number of hydrogen-bond acceptors (Lipinski definition) is 3. The molecule has 2 fully saturated rings. The zero-order valence-electron chi connectivity index (χ0n) is 11.1. The van der Waals surface area contributed by atoms with Crippen LogP contribution in [0.1, 0.15) is 32.6 Å². The topological polar surface area (TPSA) is 59.6 Å². The summed E-state index contributed by atoms with van der Waals surface area (Å²) >= 11 is 0. The van der Waals surface area contributed by atoms with E-state index in [1.807, 2.05) is 0 Å². The molecule has 2 N–H and O–H groups in total. The van der Waals surface area contributed by atoms with Crippen LogP contribution in [0.5, 0.6) is 0 Å². The second kappa shape index (κ2) is 6.95. The van der Waals surface area contributed by atoms with Crippen LogP contribution >= 0.6 is 0 Å². The van der Waals surface area contributed by atoms with E-state index >= 15 is 0 Å². The summed E-state index contributed by atoms with van der Waals surface area (Å²) in [7, 11) is 0. The van der Waals surface area contributed by atoms with Gasteiger partial charge in [-0.25, -0.2) is 4.79 Å². The summed E-state index contributed by atoms with van der Waals surface area (Å²) in [6, 6.07) is -0.0790. The Morgan fingerprint density at radius 2 is 2.00 bits per heavy atom. The minimum absolute atomic E-state index is 0.0790. The molecule has 0 bridgehead atoms. The van der Waals surface area contributed by atoms with Crippen LogP contribution in [0.4, 0.5) is 4.79 Å². The summed E-state index contributed by atoms with van der Waals surface area (Å²) < 4.78 is 10.9. The maximum absolute atomic E-state index is 11.6. The minimum atomic E-state index is -0.0790. The van der Waals surface area contributed by atoms with Crippen LogP contribution in [0, 0.1) is 5.92 Å². The van der Waals surface area contributed by atoms with Gasteiger partial charge in [-0.3, -0.25) is 0 Å². The van der Waals surface area contributed by atoms with Gasteiger partial charge < -0.3 is 20.1 Å².